The number of halogens is 2. The fourth-order valence-electron chi connectivity index (χ4n) is 4.12. The Kier molecular flexibility index (Phi) is 6.03. The summed E-state index contributed by atoms with van der Waals surface area (Å²) in [6, 6.07) is 24.3. The Balaban J connectivity index is 1.36. The van der Waals surface area contributed by atoms with E-state index in [1.807, 2.05) is 22.9 Å². The van der Waals surface area contributed by atoms with Crippen molar-refractivity contribution in [2.24, 2.45) is 0 Å². The van der Waals surface area contributed by atoms with Crippen LogP contribution in [0.25, 0.3) is 11.1 Å². The molecule has 5 rings (SSSR count). The number of hydrogen-bond acceptors (Lipinski definition) is 3. The first kappa shape index (κ1) is 21.2. The third-order valence-electron chi connectivity index (χ3n) is 5.68. The minimum atomic E-state index is -1.00. The van der Waals surface area contributed by atoms with Gasteiger partial charge in [0.2, 0.25) is 5.79 Å². The summed E-state index contributed by atoms with van der Waals surface area (Å²) < 4.78 is 14.8. The van der Waals surface area contributed by atoms with E-state index in [4.69, 9.17) is 32.7 Å². The number of rotatable bonds is 6. The second-order valence-electron chi connectivity index (χ2n) is 7.93. The monoisotopic (exact) mass is 464 g/mol. The molecule has 32 heavy (non-hydrogen) atoms. The zero-order valence-corrected chi connectivity index (χ0v) is 18.8. The summed E-state index contributed by atoms with van der Waals surface area (Å²) in [6.45, 7) is 0.909. The Morgan fingerprint density at radius 2 is 1.75 bits per heavy atom. The molecule has 2 heterocycles. The van der Waals surface area contributed by atoms with Crippen molar-refractivity contribution in [3.05, 3.63) is 113 Å². The van der Waals surface area contributed by atoms with Crippen molar-refractivity contribution in [1.82, 2.24) is 9.55 Å². The van der Waals surface area contributed by atoms with Crippen molar-refractivity contribution < 1.29 is 9.47 Å². The van der Waals surface area contributed by atoms with Crippen LogP contribution >= 0.6 is 23.2 Å². The van der Waals surface area contributed by atoms with Gasteiger partial charge in [0.1, 0.15) is 0 Å². The summed E-state index contributed by atoms with van der Waals surface area (Å²) >= 11 is 12.7. The molecule has 2 unspecified atom stereocenters. The molecular formula is C26H22Cl2N2O2. The molecule has 0 amide bonds. The average Bonchev–Trinajstić information content (AvgIpc) is 3.46. The fraction of sp³-hybridized carbons (Fsp3) is 0.192. The predicted octanol–water partition coefficient (Wildman–Crippen LogP) is 6.37. The van der Waals surface area contributed by atoms with Gasteiger partial charge in [-0.3, -0.25) is 0 Å². The molecule has 6 heteroatoms. The number of imidazole rings is 1. The topological polar surface area (TPSA) is 36.3 Å². The fourth-order valence-corrected chi connectivity index (χ4v) is 4.67. The van der Waals surface area contributed by atoms with Gasteiger partial charge < -0.3 is 14.0 Å². The Morgan fingerprint density at radius 3 is 2.47 bits per heavy atom. The number of hydrogen-bond donors (Lipinski definition) is 0. The van der Waals surface area contributed by atoms with Gasteiger partial charge in [-0.1, -0.05) is 83.9 Å². The Labute approximate surface area is 197 Å². The summed E-state index contributed by atoms with van der Waals surface area (Å²) in [5.41, 5.74) is 4.36. The van der Waals surface area contributed by atoms with Crippen molar-refractivity contribution in [1.29, 1.82) is 0 Å². The maximum atomic E-state index is 6.55. The minimum Gasteiger partial charge on any atom is -0.342 e. The second kappa shape index (κ2) is 9.08. The second-order valence-corrected chi connectivity index (χ2v) is 8.77. The largest absolute Gasteiger partial charge is 0.342 e. The van der Waals surface area contributed by atoms with Crippen LogP contribution in [0.1, 0.15) is 11.1 Å². The van der Waals surface area contributed by atoms with Crippen LogP contribution < -0.4 is 0 Å². The van der Waals surface area contributed by atoms with E-state index >= 15 is 0 Å². The van der Waals surface area contributed by atoms with E-state index in [1.54, 1.807) is 24.7 Å². The Morgan fingerprint density at radius 1 is 0.969 bits per heavy atom. The van der Waals surface area contributed by atoms with Crippen LogP contribution in [0.2, 0.25) is 10.0 Å². The molecule has 4 nitrogen and oxygen atoms in total. The first-order valence-electron chi connectivity index (χ1n) is 10.5. The molecule has 1 aliphatic rings. The first-order chi connectivity index (χ1) is 15.6. The highest BCUT2D eigenvalue weighted by atomic mass is 35.5. The third kappa shape index (κ3) is 4.45. The molecule has 0 aliphatic carbocycles. The van der Waals surface area contributed by atoms with E-state index in [2.05, 4.69) is 53.5 Å². The van der Waals surface area contributed by atoms with Crippen molar-refractivity contribution in [3.63, 3.8) is 0 Å². The standard InChI is InChI=1S/C26H22Cl2N2O2/c27-22-10-11-24(25(28)15-22)26(17-30-13-12-29-18-30)31-16-23(32-26)14-19-6-8-21(9-7-19)20-4-2-1-3-5-20/h1-13,15,18,23H,14,16-17H2. The van der Waals surface area contributed by atoms with Crippen molar-refractivity contribution in [2.75, 3.05) is 6.61 Å². The maximum Gasteiger partial charge on any atom is 0.215 e. The Hall–Kier alpha value is -2.63. The lowest BCUT2D eigenvalue weighted by molar-refractivity contribution is -0.186. The SMILES string of the molecule is Clc1ccc(C2(Cn3ccnc3)OCC(Cc3ccc(-c4ccccc4)cc3)O2)c(Cl)c1. The molecule has 0 spiro atoms. The lowest BCUT2D eigenvalue weighted by Gasteiger charge is -2.30. The molecule has 0 N–H and O–H groups in total. The molecule has 0 bridgehead atoms. The first-order valence-corrected chi connectivity index (χ1v) is 11.2. The van der Waals surface area contributed by atoms with E-state index in [0.29, 0.717) is 23.2 Å². The van der Waals surface area contributed by atoms with Crippen LogP contribution in [0.15, 0.2) is 91.5 Å². The summed E-state index contributed by atoms with van der Waals surface area (Å²) in [5.74, 6) is -1.00. The molecule has 0 saturated carbocycles. The third-order valence-corrected chi connectivity index (χ3v) is 6.22. The highest BCUT2D eigenvalue weighted by molar-refractivity contribution is 6.35. The van der Waals surface area contributed by atoms with Crippen molar-refractivity contribution in [3.8, 4) is 11.1 Å². The number of benzene rings is 3. The van der Waals surface area contributed by atoms with Gasteiger partial charge in [-0.05, 0) is 28.8 Å². The van der Waals surface area contributed by atoms with E-state index in [-0.39, 0.29) is 6.10 Å². The zero-order valence-electron chi connectivity index (χ0n) is 17.3. The molecule has 2 atom stereocenters. The highest BCUT2D eigenvalue weighted by Gasteiger charge is 2.45. The summed E-state index contributed by atoms with van der Waals surface area (Å²) in [6.07, 6.45) is 6.00. The van der Waals surface area contributed by atoms with Crippen LogP contribution in [0.3, 0.4) is 0 Å². The number of aromatic nitrogens is 2. The van der Waals surface area contributed by atoms with E-state index in [9.17, 15) is 0 Å². The van der Waals surface area contributed by atoms with Crippen molar-refractivity contribution in [2.45, 2.75) is 24.9 Å². The van der Waals surface area contributed by atoms with Gasteiger partial charge in [-0.15, -0.1) is 0 Å². The molecular weight excluding hydrogens is 443 g/mol. The predicted molar refractivity (Wildman–Crippen MR) is 127 cm³/mol. The molecule has 162 valence electrons. The molecule has 0 radical (unpaired) electrons. The number of nitrogens with zero attached hydrogens (tertiary/aromatic N) is 2. The van der Waals surface area contributed by atoms with E-state index in [1.165, 1.54) is 16.7 Å². The van der Waals surface area contributed by atoms with Gasteiger partial charge in [0.15, 0.2) is 0 Å². The van der Waals surface area contributed by atoms with Gasteiger partial charge in [-0.25, -0.2) is 4.98 Å². The van der Waals surface area contributed by atoms with E-state index in [0.717, 1.165) is 12.0 Å². The maximum absolute atomic E-state index is 6.55. The number of ether oxygens (including phenoxy) is 2. The molecule has 1 fully saturated rings. The van der Waals surface area contributed by atoms with Crippen LogP contribution in [-0.4, -0.2) is 22.3 Å². The Bertz CT molecular complexity index is 1180. The molecule has 3 aromatic carbocycles. The van der Waals surface area contributed by atoms with Gasteiger partial charge in [-0.2, -0.15) is 0 Å². The van der Waals surface area contributed by atoms with Gasteiger partial charge >= 0.3 is 0 Å². The zero-order chi connectivity index (χ0) is 22.0. The van der Waals surface area contributed by atoms with Gasteiger partial charge in [0.25, 0.3) is 0 Å². The summed E-state index contributed by atoms with van der Waals surface area (Å²) in [4.78, 5) is 4.14. The normalized spacial score (nSPS) is 20.5. The lowest BCUT2D eigenvalue weighted by atomic mass is 10.0. The minimum absolute atomic E-state index is 0.104. The lowest BCUT2D eigenvalue weighted by Crippen LogP contribution is -2.34. The van der Waals surface area contributed by atoms with Crippen molar-refractivity contribution >= 4 is 23.2 Å². The molecule has 4 aromatic rings. The molecule has 1 saturated heterocycles. The highest BCUT2D eigenvalue weighted by Crippen LogP contribution is 2.41. The van der Waals surface area contributed by atoms with E-state index < -0.39 is 5.79 Å². The van der Waals surface area contributed by atoms with Crippen LogP contribution in [0.5, 0.6) is 0 Å². The van der Waals surface area contributed by atoms with Gasteiger partial charge in [0, 0.05) is 29.4 Å². The van der Waals surface area contributed by atoms with Gasteiger partial charge in [0.05, 0.1) is 30.6 Å². The summed E-state index contributed by atoms with van der Waals surface area (Å²) in [7, 11) is 0. The average molecular weight is 465 g/mol. The smallest absolute Gasteiger partial charge is 0.215 e. The van der Waals surface area contributed by atoms with Crippen LogP contribution in [-0.2, 0) is 28.2 Å². The van der Waals surface area contributed by atoms with Crippen LogP contribution in [0.4, 0.5) is 0 Å². The summed E-state index contributed by atoms with van der Waals surface area (Å²) in [5, 5.41) is 1.09. The van der Waals surface area contributed by atoms with Crippen LogP contribution in [0, 0.1) is 0 Å². The quantitative estimate of drug-likeness (QED) is 0.332. The molecule has 1 aromatic heterocycles. The molecule has 1 aliphatic heterocycles.